The Morgan fingerprint density at radius 3 is 2.38 bits per heavy atom. The van der Waals surface area contributed by atoms with Crippen molar-refractivity contribution in [3.05, 3.63) is 53.1 Å². The summed E-state index contributed by atoms with van der Waals surface area (Å²) < 4.78 is 5.93. The SMILES string of the molecule is CC(C)c1cccc(C(C)C)c1NC(=O)CCCCCSc1nc2ccc(CN(C)C)cc2o1. The van der Waals surface area contributed by atoms with Gasteiger partial charge in [-0.1, -0.05) is 70.1 Å². The van der Waals surface area contributed by atoms with Crippen molar-refractivity contribution in [2.24, 2.45) is 0 Å². The number of thioether (sulfide) groups is 1. The quantitative estimate of drug-likeness (QED) is 0.215. The van der Waals surface area contributed by atoms with E-state index in [9.17, 15) is 4.79 Å². The number of aromatic nitrogens is 1. The zero-order valence-corrected chi connectivity index (χ0v) is 22.3. The predicted molar refractivity (Wildman–Crippen MR) is 144 cm³/mol. The number of unbranched alkanes of at least 4 members (excludes halogenated alkanes) is 2. The summed E-state index contributed by atoms with van der Waals surface area (Å²) in [7, 11) is 4.12. The summed E-state index contributed by atoms with van der Waals surface area (Å²) in [4.78, 5) is 19.4. The second kappa shape index (κ2) is 12.4. The Morgan fingerprint density at radius 1 is 1.03 bits per heavy atom. The smallest absolute Gasteiger partial charge is 0.256 e. The number of rotatable bonds is 12. The molecule has 0 radical (unpaired) electrons. The highest BCUT2D eigenvalue weighted by molar-refractivity contribution is 7.99. The van der Waals surface area contributed by atoms with E-state index >= 15 is 0 Å². The lowest BCUT2D eigenvalue weighted by atomic mass is 9.92. The minimum atomic E-state index is 0.107. The summed E-state index contributed by atoms with van der Waals surface area (Å²) in [5.41, 5.74) is 6.41. The molecule has 0 aliphatic heterocycles. The molecule has 1 amide bonds. The molecule has 3 aromatic rings. The molecular weight excluding hydrogens is 442 g/mol. The molecule has 0 aliphatic carbocycles. The average molecular weight is 482 g/mol. The maximum atomic E-state index is 12.7. The van der Waals surface area contributed by atoms with Crippen LogP contribution in [0.2, 0.25) is 0 Å². The number of nitrogens with one attached hydrogen (secondary N) is 1. The van der Waals surface area contributed by atoms with Crippen LogP contribution < -0.4 is 5.32 Å². The van der Waals surface area contributed by atoms with Crippen LogP contribution in [0.5, 0.6) is 0 Å². The Labute approximate surface area is 208 Å². The lowest BCUT2D eigenvalue weighted by Gasteiger charge is -2.20. The second-order valence-corrected chi connectivity index (χ2v) is 10.9. The Hall–Kier alpha value is -2.31. The Balaban J connectivity index is 1.43. The standard InChI is InChI=1S/C28H39N3O2S/c1-19(2)22-11-10-12-23(20(3)4)27(22)30-26(32)13-8-7-9-16-34-28-29-24-15-14-21(18-31(5)6)17-25(24)33-28/h10-12,14-15,17,19-20H,7-9,13,16,18H2,1-6H3,(H,30,32). The summed E-state index contributed by atoms with van der Waals surface area (Å²) in [6.45, 7) is 9.58. The molecule has 34 heavy (non-hydrogen) atoms. The molecule has 0 unspecified atom stereocenters. The van der Waals surface area contributed by atoms with Crippen molar-refractivity contribution in [1.82, 2.24) is 9.88 Å². The third-order valence-electron chi connectivity index (χ3n) is 5.84. The van der Waals surface area contributed by atoms with Gasteiger partial charge < -0.3 is 14.6 Å². The molecule has 0 saturated carbocycles. The van der Waals surface area contributed by atoms with Crippen molar-refractivity contribution in [2.45, 2.75) is 77.0 Å². The van der Waals surface area contributed by atoms with Gasteiger partial charge in [-0.2, -0.15) is 0 Å². The maximum absolute atomic E-state index is 12.7. The monoisotopic (exact) mass is 481 g/mol. The second-order valence-electron chi connectivity index (χ2n) is 9.85. The van der Waals surface area contributed by atoms with Crippen LogP contribution in [0.15, 0.2) is 46.0 Å². The predicted octanol–water partition coefficient (Wildman–Crippen LogP) is 7.43. The molecular formula is C28H39N3O2S. The molecule has 0 aliphatic rings. The van der Waals surface area contributed by atoms with E-state index in [1.165, 1.54) is 16.7 Å². The van der Waals surface area contributed by atoms with E-state index in [2.05, 4.69) is 87.3 Å². The zero-order valence-electron chi connectivity index (χ0n) is 21.5. The average Bonchev–Trinajstić information content (AvgIpc) is 3.17. The van der Waals surface area contributed by atoms with E-state index in [0.717, 1.165) is 53.6 Å². The van der Waals surface area contributed by atoms with E-state index in [0.29, 0.717) is 18.3 Å². The van der Waals surface area contributed by atoms with Gasteiger partial charge in [-0.15, -0.1) is 0 Å². The van der Waals surface area contributed by atoms with Crippen LogP contribution in [-0.2, 0) is 11.3 Å². The molecule has 5 nitrogen and oxygen atoms in total. The highest BCUT2D eigenvalue weighted by Gasteiger charge is 2.16. The van der Waals surface area contributed by atoms with Gasteiger partial charge >= 0.3 is 0 Å². The van der Waals surface area contributed by atoms with Gasteiger partial charge in [-0.05, 0) is 67.6 Å². The Morgan fingerprint density at radius 2 is 1.74 bits per heavy atom. The first-order chi connectivity index (χ1) is 16.2. The van der Waals surface area contributed by atoms with Gasteiger partial charge in [0, 0.05) is 24.4 Å². The van der Waals surface area contributed by atoms with Gasteiger partial charge in [0.1, 0.15) is 5.52 Å². The molecule has 0 spiro atoms. The van der Waals surface area contributed by atoms with Gasteiger partial charge in [-0.25, -0.2) is 4.98 Å². The van der Waals surface area contributed by atoms with E-state index in [1.807, 2.05) is 6.07 Å². The first-order valence-corrected chi connectivity index (χ1v) is 13.3. The fraction of sp³-hybridized carbons (Fsp3) is 0.500. The molecule has 0 fully saturated rings. The number of hydrogen-bond donors (Lipinski definition) is 1. The van der Waals surface area contributed by atoms with E-state index < -0.39 is 0 Å². The van der Waals surface area contributed by atoms with Crippen LogP contribution in [0.1, 0.15) is 81.9 Å². The molecule has 1 N–H and O–H groups in total. The molecule has 2 aromatic carbocycles. The lowest BCUT2D eigenvalue weighted by molar-refractivity contribution is -0.116. The first kappa shape index (κ1) is 26.3. The Kier molecular flexibility index (Phi) is 9.60. The van der Waals surface area contributed by atoms with Crippen molar-refractivity contribution >= 4 is 34.5 Å². The van der Waals surface area contributed by atoms with Crippen LogP contribution in [0, 0.1) is 0 Å². The number of carbonyl (C=O) groups excluding carboxylic acids is 1. The van der Waals surface area contributed by atoms with E-state index in [4.69, 9.17) is 4.42 Å². The van der Waals surface area contributed by atoms with Gasteiger partial charge in [-0.3, -0.25) is 4.79 Å². The minimum Gasteiger partial charge on any atom is -0.431 e. The minimum absolute atomic E-state index is 0.107. The van der Waals surface area contributed by atoms with Gasteiger partial charge in [0.2, 0.25) is 5.91 Å². The number of amides is 1. The zero-order chi connectivity index (χ0) is 24.7. The number of fused-ring (bicyclic) bond motifs is 1. The van der Waals surface area contributed by atoms with Crippen molar-refractivity contribution in [1.29, 1.82) is 0 Å². The molecule has 3 rings (SSSR count). The van der Waals surface area contributed by atoms with Gasteiger partial charge in [0.25, 0.3) is 5.22 Å². The first-order valence-electron chi connectivity index (χ1n) is 12.3. The summed E-state index contributed by atoms with van der Waals surface area (Å²) in [6.07, 6.45) is 3.47. The van der Waals surface area contributed by atoms with Crippen molar-refractivity contribution in [3.8, 4) is 0 Å². The van der Waals surface area contributed by atoms with Crippen molar-refractivity contribution in [2.75, 3.05) is 25.2 Å². The van der Waals surface area contributed by atoms with Crippen LogP contribution in [0.3, 0.4) is 0 Å². The lowest BCUT2D eigenvalue weighted by Crippen LogP contribution is -2.15. The summed E-state index contributed by atoms with van der Waals surface area (Å²) >= 11 is 1.65. The third kappa shape index (κ3) is 7.34. The molecule has 0 bridgehead atoms. The Bertz CT molecular complexity index is 1060. The van der Waals surface area contributed by atoms with E-state index in [-0.39, 0.29) is 5.91 Å². The number of anilines is 1. The fourth-order valence-corrected chi connectivity index (χ4v) is 4.93. The molecule has 184 valence electrons. The fourth-order valence-electron chi connectivity index (χ4n) is 4.09. The maximum Gasteiger partial charge on any atom is 0.256 e. The molecule has 0 atom stereocenters. The topological polar surface area (TPSA) is 58.4 Å². The van der Waals surface area contributed by atoms with Crippen molar-refractivity contribution in [3.63, 3.8) is 0 Å². The normalized spacial score (nSPS) is 11.8. The van der Waals surface area contributed by atoms with Crippen LogP contribution in [0.25, 0.3) is 11.1 Å². The number of hydrogen-bond acceptors (Lipinski definition) is 5. The highest BCUT2D eigenvalue weighted by Crippen LogP contribution is 2.32. The summed E-state index contributed by atoms with van der Waals surface area (Å²) in [5, 5.41) is 3.94. The third-order valence-corrected chi connectivity index (χ3v) is 6.76. The molecule has 1 aromatic heterocycles. The summed E-state index contributed by atoms with van der Waals surface area (Å²) in [6, 6.07) is 12.6. The number of carbonyl (C=O) groups is 1. The van der Waals surface area contributed by atoms with E-state index in [1.54, 1.807) is 11.8 Å². The van der Waals surface area contributed by atoms with Crippen LogP contribution >= 0.6 is 11.8 Å². The van der Waals surface area contributed by atoms with Crippen molar-refractivity contribution < 1.29 is 9.21 Å². The highest BCUT2D eigenvalue weighted by atomic mass is 32.2. The number of oxazole rings is 1. The number of para-hydroxylation sites is 1. The molecule has 1 heterocycles. The van der Waals surface area contributed by atoms with Gasteiger partial charge in [0.15, 0.2) is 5.58 Å². The number of benzene rings is 2. The number of nitrogens with zero attached hydrogens (tertiary/aromatic N) is 2. The molecule has 0 saturated heterocycles. The summed E-state index contributed by atoms with van der Waals surface area (Å²) in [5.74, 6) is 1.79. The largest absolute Gasteiger partial charge is 0.431 e. The van der Waals surface area contributed by atoms with Crippen LogP contribution in [-0.4, -0.2) is 35.6 Å². The van der Waals surface area contributed by atoms with Gasteiger partial charge in [0.05, 0.1) is 0 Å². The molecule has 6 heteroatoms. The van der Waals surface area contributed by atoms with Crippen LogP contribution in [0.4, 0.5) is 5.69 Å².